The molecule has 0 atom stereocenters. The van der Waals surface area contributed by atoms with Gasteiger partial charge < -0.3 is 4.90 Å². The van der Waals surface area contributed by atoms with Crippen LogP contribution in [0.15, 0.2) is 47.2 Å². The third-order valence-corrected chi connectivity index (χ3v) is 4.54. The van der Waals surface area contributed by atoms with E-state index in [-0.39, 0.29) is 5.91 Å². The molecule has 1 fully saturated rings. The van der Waals surface area contributed by atoms with Gasteiger partial charge in [-0.1, -0.05) is 30.3 Å². The van der Waals surface area contributed by atoms with E-state index in [1.54, 1.807) is 10.9 Å². The molecule has 1 saturated heterocycles. The van der Waals surface area contributed by atoms with Crippen LogP contribution < -0.4 is 0 Å². The van der Waals surface area contributed by atoms with Gasteiger partial charge in [-0.05, 0) is 21.5 Å². The maximum absolute atomic E-state index is 12.3. The third kappa shape index (κ3) is 4.65. The second-order valence-corrected chi connectivity index (χ2v) is 6.73. The van der Waals surface area contributed by atoms with Crippen LogP contribution >= 0.6 is 15.9 Å². The van der Waals surface area contributed by atoms with Crippen LogP contribution in [0, 0.1) is 0 Å². The number of aromatic nitrogens is 2. The first-order chi connectivity index (χ1) is 11.2. The molecular formula is C17H21BrN4O. The molecule has 1 aromatic carbocycles. The van der Waals surface area contributed by atoms with Gasteiger partial charge in [-0.25, -0.2) is 0 Å². The molecule has 23 heavy (non-hydrogen) atoms. The summed E-state index contributed by atoms with van der Waals surface area (Å²) < 4.78 is 2.74. The van der Waals surface area contributed by atoms with Crippen LogP contribution in [0.3, 0.4) is 0 Å². The Morgan fingerprint density at radius 1 is 1.13 bits per heavy atom. The molecule has 5 nitrogen and oxygen atoms in total. The Morgan fingerprint density at radius 3 is 2.52 bits per heavy atom. The first kappa shape index (κ1) is 16.2. The van der Waals surface area contributed by atoms with Crippen LogP contribution in [0.2, 0.25) is 0 Å². The summed E-state index contributed by atoms with van der Waals surface area (Å²) in [6, 6.07) is 10.5. The Kier molecular flexibility index (Phi) is 5.46. The van der Waals surface area contributed by atoms with Crippen molar-refractivity contribution >= 4 is 21.8 Å². The van der Waals surface area contributed by atoms with Crippen LogP contribution in [0.4, 0.5) is 0 Å². The smallest absolute Gasteiger partial charge is 0.224 e. The van der Waals surface area contributed by atoms with E-state index in [2.05, 4.69) is 50.2 Å². The van der Waals surface area contributed by atoms with Crippen LogP contribution in [0.1, 0.15) is 12.0 Å². The molecule has 2 heterocycles. The van der Waals surface area contributed by atoms with Crippen molar-refractivity contribution in [2.24, 2.45) is 0 Å². The number of benzene rings is 1. The fraction of sp³-hybridized carbons (Fsp3) is 0.412. The minimum absolute atomic E-state index is 0.219. The number of rotatable bonds is 5. The molecular weight excluding hydrogens is 356 g/mol. The second kappa shape index (κ2) is 7.75. The van der Waals surface area contributed by atoms with Gasteiger partial charge in [-0.3, -0.25) is 14.4 Å². The van der Waals surface area contributed by atoms with Crippen molar-refractivity contribution in [3.8, 4) is 0 Å². The summed E-state index contributed by atoms with van der Waals surface area (Å²) in [6.07, 6.45) is 4.14. The molecule has 0 radical (unpaired) electrons. The molecule has 0 bridgehead atoms. The molecule has 3 rings (SSSR count). The average molecular weight is 377 g/mol. The van der Waals surface area contributed by atoms with Crippen molar-refractivity contribution < 1.29 is 4.79 Å². The van der Waals surface area contributed by atoms with Gasteiger partial charge in [0.15, 0.2) is 0 Å². The van der Waals surface area contributed by atoms with E-state index < -0.39 is 0 Å². The minimum Gasteiger partial charge on any atom is -0.340 e. The van der Waals surface area contributed by atoms with Crippen LogP contribution in [-0.2, 0) is 17.9 Å². The van der Waals surface area contributed by atoms with Gasteiger partial charge in [-0.15, -0.1) is 0 Å². The molecule has 6 heteroatoms. The largest absolute Gasteiger partial charge is 0.340 e. The quantitative estimate of drug-likeness (QED) is 0.804. The lowest BCUT2D eigenvalue weighted by atomic mass is 10.2. The fourth-order valence-corrected chi connectivity index (χ4v) is 3.15. The maximum atomic E-state index is 12.3. The van der Waals surface area contributed by atoms with E-state index in [1.807, 2.05) is 17.2 Å². The number of piperazine rings is 1. The number of nitrogens with zero attached hydrogens (tertiary/aromatic N) is 4. The summed E-state index contributed by atoms with van der Waals surface area (Å²) in [7, 11) is 0. The molecule has 122 valence electrons. The van der Waals surface area contributed by atoms with Gasteiger partial charge in [0.05, 0.1) is 10.7 Å². The van der Waals surface area contributed by atoms with E-state index in [1.165, 1.54) is 5.56 Å². The Hall–Kier alpha value is -1.66. The number of carbonyl (C=O) groups is 1. The molecule has 1 aromatic heterocycles. The highest BCUT2D eigenvalue weighted by molar-refractivity contribution is 9.10. The Bertz CT molecular complexity index is 635. The molecule has 0 spiro atoms. The van der Waals surface area contributed by atoms with Crippen molar-refractivity contribution in [1.82, 2.24) is 19.6 Å². The monoisotopic (exact) mass is 376 g/mol. The van der Waals surface area contributed by atoms with Gasteiger partial charge >= 0.3 is 0 Å². The predicted molar refractivity (Wildman–Crippen MR) is 92.8 cm³/mol. The molecule has 2 aromatic rings. The first-order valence-electron chi connectivity index (χ1n) is 7.93. The molecule has 1 aliphatic rings. The Balaban J connectivity index is 1.42. The maximum Gasteiger partial charge on any atom is 0.224 e. The number of amides is 1. The Morgan fingerprint density at radius 2 is 1.87 bits per heavy atom. The summed E-state index contributed by atoms with van der Waals surface area (Å²) in [5.74, 6) is 0.219. The van der Waals surface area contributed by atoms with Crippen molar-refractivity contribution in [3.05, 3.63) is 52.8 Å². The molecule has 0 N–H and O–H groups in total. The highest BCUT2D eigenvalue weighted by Gasteiger charge is 2.20. The molecule has 0 unspecified atom stereocenters. The normalized spacial score (nSPS) is 15.8. The van der Waals surface area contributed by atoms with Gasteiger partial charge in [0, 0.05) is 51.9 Å². The van der Waals surface area contributed by atoms with E-state index >= 15 is 0 Å². The topological polar surface area (TPSA) is 41.4 Å². The minimum atomic E-state index is 0.219. The van der Waals surface area contributed by atoms with Gasteiger partial charge in [0.2, 0.25) is 5.91 Å². The predicted octanol–water partition coefficient (Wildman–Crippen LogP) is 2.38. The lowest BCUT2D eigenvalue weighted by Gasteiger charge is -2.34. The number of hydrogen-bond donors (Lipinski definition) is 0. The number of carbonyl (C=O) groups excluding carboxylic acids is 1. The lowest BCUT2D eigenvalue weighted by molar-refractivity contribution is -0.133. The van der Waals surface area contributed by atoms with E-state index in [9.17, 15) is 4.79 Å². The zero-order valence-corrected chi connectivity index (χ0v) is 14.7. The zero-order chi connectivity index (χ0) is 16.1. The highest BCUT2D eigenvalue weighted by Crippen LogP contribution is 2.10. The van der Waals surface area contributed by atoms with Crippen molar-refractivity contribution in [1.29, 1.82) is 0 Å². The first-order valence-corrected chi connectivity index (χ1v) is 8.72. The highest BCUT2D eigenvalue weighted by atomic mass is 79.9. The molecule has 0 saturated carbocycles. The molecule has 0 aliphatic carbocycles. The van der Waals surface area contributed by atoms with E-state index in [0.717, 1.165) is 37.2 Å². The van der Waals surface area contributed by atoms with Gasteiger partial charge in [-0.2, -0.15) is 5.10 Å². The van der Waals surface area contributed by atoms with Crippen LogP contribution in [0.5, 0.6) is 0 Å². The standard InChI is InChI=1S/C17H21BrN4O/c18-16-12-19-22(14-16)7-6-17(23)21-10-8-20(9-11-21)13-15-4-2-1-3-5-15/h1-5,12,14H,6-11,13H2. The van der Waals surface area contributed by atoms with E-state index in [0.29, 0.717) is 13.0 Å². The SMILES string of the molecule is O=C(CCn1cc(Br)cn1)N1CCN(Cc2ccccc2)CC1. The Labute approximate surface area is 145 Å². The second-order valence-electron chi connectivity index (χ2n) is 5.81. The summed E-state index contributed by atoms with van der Waals surface area (Å²) in [5.41, 5.74) is 1.33. The van der Waals surface area contributed by atoms with Crippen LogP contribution in [-0.4, -0.2) is 51.7 Å². The molecule has 1 amide bonds. The summed E-state index contributed by atoms with van der Waals surface area (Å²) >= 11 is 3.37. The third-order valence-electron chi connectivity index (χ3n) is 4.13. The fourth-order valence-electron chi connectivity index (χ4n) is 2.83. The number of aryl methyl sites for hydroxylation is 1. The zero-order valence-electron chi connectivity index (χ0n) is 13.1. The van der Waals surface area contributed by atoms with Crippen LogP contribution in [0.25, 0.3) is 0 Å². The van der Waals surface area contributed by atoms with Gasteiger partial charge in [0.25, 0.3) is 0 Å². The van der Waals surface area contributed by atoms with Crippen molar-refractivity contribution in [2.75, 3.05) is 26.2 Å². The van der Waals surface area contributed by atoms with Crippen molar-refractivity contribution in [2.45, 2.75) is 19.5 Å². The lowest BCUT2D eigenvalue weighted by Crippen LogP contribution is -2.48. The summed E-state index contributed by atoms with van der Waals surface area (Å²) in [6.45, 7) is 5.10. The average Bonchev–Trinajstić information content (AvgIpc) is 3.00. The van der Waals surface area contributed by atoms with Crippen molar-refractivity contribution in [3.63, 3.8) is 0 Å². The number of hydrogen-bond acceptors (Lipinski definition) is 3. The summed E-state index contributed by atoms with van der Waals surface area (Å²) in [4.78, 5) is 16.7. The molecule has 1 aliphatic heterocycles. The summed E-state index contributed by atoms with van der Waals surface area (Å²) in [5, 5.41) is 4.18. The number of halogens is 1. The van der Waals surface area contributed by atoms with Gasteiger partial charge in [0.1, 0.15) is 0 Å². The van der Waals surface area contributed by atoms with E-state index in [4.69, 9.17) is 0 Å².